The van der Waals surface area contributed by atoms with Crippen LogP contribution in [0, 0.1) is 10.1 Å². The highest BCUT2D eigenvalue weighted by atomic mass is 16.6. The van der Waals surface area contributed by atoms with Crippen molar-refractivity contribution in [1.29, 1.82) is 0 Å². The molecule has 0 unspecified atom stereocenters. The quantitative estimate of drug-likeness (QED) is 0.662. The first-order chi connectivity index (χ1) is 9.88. The molecule has 0 amide bonds. The molecule has 2 aromatic heterocycles. The summed E-state index contributed by atoms with van der Waals surface area (Å²) < 4.78 is 7.01. The van der Waals surface area contributed by atoms with Gasteiger partial charge in [-0.1, -0.05) is 0 Å². The predicted octanol–water partition coefficient (Wildman–Crippen LogP) is 2.26. The zero-order valence-electron chi connectivity index (χ0n) is 11.3. The molecule has 21 heavy (non-hydrogen) atoms. The lowest BCUT2D eigenvalue weighted by molar-refractivity contribution is -0.385. The molecule has 2 rings (SSSR count). The number of carboxylic acids is 1. The first kappa shape index (κ1) is 14.4. The molecule has 0 atom stereocenters. The molecule has 0 aliphatic carbocycles. The normalized spacial score (nSPS) is 10.6. The van der Waals surface area contributed by atoms with Crippen LogP contribution < -0.4 is 4.74 Å². The van der Waals surface area contributed by atoms with E-state index in [0.29, 0.717) is 5.75 Å². The van der Waals surface area contributed by atoms with Crippen molar-refractivity contribution >= 4 is 11.7 Å². The van der Waals surface area contributed by atoms with Crippen molar-refractivity contribution < 1.29 is 19.6 Å². The van der Waals surface area contributed by atoms with Crippen molar-refractivity contribution in [3.8, 4) is 11.6 Å². The van der Waals surface area contributed by atoms with E-state index in [-0.39, 0.29) is 11.9 Å². The van der Waals surface area contributed by atoms with E-state index < -0.39 is 22.1 Å². The average Bonchev–Trinajstić information content (AvgIpc) is 2.87. The Kier molecular flexibility index (Phi) is 3.83. The van der Waals surface area contributed by atoms with Crippen molar-refractivity contribution in [3.63, 3.8) is 0 Å². The highest BCUT2D eigenvalue weighted by Crippen LogP contribution is 2.25. The minimum absolute atomic E-state index is 0.0543. The minimum Gasteiger partial charge on any atom is -0.477 e. The minimum atomic E-state index is -1.42. The molecule has 0 fully saturated rings. The van der Waals surface area contributed by atoms with Gasteiger partial charge in [-0.3, -0.25) is 14.8 Å². The summed E-state index contributed by atoms with van der Waals surface area (Å²) >= 11 is 0. The monoisotopic (exact) mass is 292 g/mol. The van der Waals surface area contributed by atoms with Gasteiger partial charge in [-0.15, -0.1) is 0 Å². The lowest BCUT2D eigenvalue weighted by Crippen LogP contribution is -2.04. The maximum atomic E-state index is 11.0. The Morgan fingerprint density at radius 2 is 2.19 bits per heavy atom. The van der Waals surface area contributed by atoms with Crippen LogP contribution in [-0.2, 0) is 0 Å². The van der Waals surface area contributed by atoms with Gasteiger partial charge in [0.2, 0.25) is 5.88 Å². The van der Waals surface area contributed by atoms with Crippen LogP contribution >= 0.6 is 0 Å². The van der Waals surface area contributed by atoms with Crippen LogP contribution in [0.25, 0.3) is 0 Å². The van der Waals surface area contributed by atoms with E-state index in [2.05, 4.69) is 10.1 Å². The number of nitrogens with zero attached hydrogens (tertiary/aromatic N) is 4. The Labute approximate surface area is 118 Å². The Bertz CT molecular complexity index is 695. The van der Waals surface area contributed by atoms with Crippen LogP contribution in [0.3, 0.4) is 0 Å². The van der Waals surface area contributed by atoms with E-state index >= 15 is 0 Å². The summed E-state index contributed by atoms with van der Waals surface area (Å²) in [5.41, 5.74) is -1.08. The Morgan fingerprint density at radius 1 is 1.48 bits per heavy atom. The molecule has 0 spiro atoms. The summed E-state index contributed by atoms with van der Waals surface area (Å²) in [6.45, 7) is 3.87. The average molecular weight is 292 g/mol. The summed E-state index contributed by atoms with van der Waals surface area (Å²) in [7, 11) is 0. The second-order valence-corrected chi connectivity index (χ2v) is 4.45. The third-order valence-electron chi connectivity index (χ3n) is 2.61. The largest absolute Gasteiger partial charge is 0.477 e. The van der Waals surface area contributed by atoms with Crippen LogP contribution in [-0.4, -0.2) is 30.8 Å². The van der Waals surface area contributed by atoms with Gasteiger partial charge in [0.05, 0.1) is 17.3 Å². The van der Waals surface area contributed by atoms with E-state index in [4.69, 9.17) is 9.84 Å². The smallest absolute Gasteiger partial charge is 0.342 e. The third-order valence-corrected chi connectivity index (χ3v) is 2.61. The number of hydrogen-bond acceptors (Lipinski definition) is 6. The number of rotatable bonds is 5. The Morgan fingerprint density at radius 3 is 2.71 bits per heavy atom. The topological polar surface area (TPSA) is 120 Å². The molecule has 0 saturated carbocycles. The number of carbonyl (C=O) groups is 1. The van der Waals surface area contributed by atoms with E-state index in [1.807, 2.05) is 13.8 Å². The maximum absolute atomic E-state index is 11.0. The van der Waals surface area contributed by atoms with Crippen molar-refractivity contribution in [2.75, 3.05) is 0 Å². The van der Waals surface area contributed by atoms with Crippen LogP contribution in [0.5, 0.6) is 11.6 Å². The van der Waals surface area contributed by atoms with Crippen LogP contribution in [0.1, 0.15) is 30.2 Å². The van der Waals surface area contributed by atoms with Crippen LogP contribution in [0.15, 0.2) is 24.7 Å². The van der Waals surface area contributed by atoms with Crippen LogP contribution in [0.4, 0.5) is 5.69 Å². The Balaban J connectivity index is 2.30. The van der Waals surface area contributed by atoms with E-state index in [0.717, 1.165) is 12.3 Å². The number of carboxylic acid groups (broad SMARTS) is 1. The highest BCUT2D eigenvalue weighted by Gasteiger charge is 2.21. The van der Waals surface area contributed by atoms with E-state index in [1.165, 1.54) is 6.20 Å². The van der Waals surface area contributed by atoms with Gasteiger partial charge in [0.25, 0.3) is 0 Å². The molecule has 2 heterocycles. The molecule has 0 radical (unpaired) electrons. The SMILES string of the molecule is CC(C)n1cc(Oc2cc(C(=O)O)c([N+](=O)[O-])cn2)cn1. The molecule has 0 saturated heterocycles. The molecule has 9 heteroatoms. The molecule has 0 aliphatic heterocycles. The maximum Gasteiger partial charge on any atom is 0.342 e. The number of aromatic carboxylic acids is 1. The second kappa shape index (κ2) is 5.57. The molecule has 1 N–H and O–H groups in total. The fraction of sp³-hybridized carbons (Fsp3) is 0.250. The number of nitro groups is 1. The standard InChI is InChI=1S/C12H12N4O5/c1-7(2)15-6-8(4-14-15)21-11-3-9(12(17)18)10(5-13-11)16(19)20/h3-7H,1-2H3,(H,17,18). The number of hydrogen-bond donors (Lipinski definition) is 1. The van der Waals surface area contributed by atoms with Gasteiger partial charge in [-0.2, -0.15) is 5.10 Å². The summed E-state index contributed by atoms with van der Waals surface area (Å²) in [6.07, 6.45) is 3.92. The van der Waals surface area contributed by atoms with E-state index in [9.17, 15) is 14.9 Å². The molecule has 0 aromatic carbocycles. The fourth-order valence-electron chi connectivity index (χ4n) is 1.58. The van der Waals surface area contributed by atoms with Gasteiger partial charge < -0.3 is 9.84 Å². The second-order valence-electron chi connectivity index (χ2n) is 4.45. The number of aromatic nitrogens is 3. The first-order valence-corrected chi connectivity index (χ1v) is 5.98. The van der Waals surface area contributed by atoms with Crippen molar-refractivity contribution in [3.05, 3.63) is 40.3 Å². The van der Waals surface area contributed by atoms with E-state index in [1.54, 1.807) is 10.9 Å². The number of pyridine rings is 1. The molecular weight excluding hydrogens is 280 g/mol. The molecule has 110 valence electrons. The predicted molar refractivity (Wildman–Crippen MR) is 70.5 cm³/mol. The van der Waals surface area contributed by atoms with Gasteiger partial charge in [-0.25, -0.2) is 9.78 Å². The van der Waals surface area contributed by atoms with Gasteiger partial charge in [-0.05, 0) is 13.8 Å². The molecule has 0 bridgehead atoms. The van der Waals surface area contributed by atoms with Crippen molar-refractivity contribution in [1.82, 2.24) is 14.8 Å². The lowest BCUT2D eigenvalue weighted by Gasteiger charge is -2.04. The first-order valence-electron chi connectivity index (χ1n) is 5.98. The molecular formula is C12H12N4O5. The third kappa shape index (κ3) is 3.14. The summed E-state index contributed by atoms with van der Waals surface area (Å²) in [5.74, 6) is -1.12. The van der Waals surface area contributed by atoms with Gasteiger partial charge >= 0.3 is 11.7 Å². The van der Waals surface area contributed by atoms with Crippen molar-refractivity contribution in [2.45, 2.75) is 19.9 Å². The molecule has 9 nitrogen and oxygen atoms in total. The van der Waals surface area contributed by atoms with Gasteiger partial charge in [0, 0.05) is 12.1 Å². The van der Waals surface area contributed by atoms with Gasteiger partial charge in [0.1, 0.15) is 11.8 Å². The zero-order valence-corrected chi connectivity index (χ0v) is 11.3. The summed E-state index contributed by atoms with van der Waals surface area (Å²) in [4.78, 5) is 24.7. The highest BCUT2D eigenvalue weighted by molar-refractivity contribution is 5.92. The Hall–Kier alpha value is -2.97. The summed E-state index contributed by atoms with van der Waals surface area (Å²) in [6, 6.07) is 1.15. The summed E-state index contributed by atoms with van der Waals surface area (Å²) in [5, 5.41) is 23.8. The molecule has 2 aromatic rings. The van der Waals surface area contributed by atoms with Crippen LogP contribution in [0.2, 0.25) is 0 Å². The lowest BCUT2D eigenvalue weighted by atomic mass is 10.2. The fourth-order valence-corrected chi connectivity index (χ4v) is 1.58. The number of ether oxygens (including phenoxy) is 1. The zero-order chi connectivity index (χ0) is 15.6. The van der Waals surface area contributed by atoms with Crippen molar-refractivity contribution in [2.24, 2.45) is 0 Å². The molecule has 0 aliphatic rings. The van der Waals surface area contributed by atoms with Gasteiger partial charge in [0.15, 0.2) is 5.75 Å².